The smallest absolute Gasteiger partial charge is 0.410 e. The zero-order valence-electron chi connectivity index (χ0n) is 54.1. The number of carbonyl (C=O) groups excluding carboxylic acids is 8. The number of nitro groups is 1. The Morgan fingerprint density at radius 3 is 2.01 bits per heavy atom. The van der Waals surface area contributed by atoms with E-state index in [0.717, 1.165) is 22.1 Å². The number of ketones is 1. The zero-order chi connectivity index (χ0) is 68.7. The van der Waals surface area contributed by atoms with Gasteiger partial charge in [0.05, 0.1) is 22.1 Å². The number of likely N-dealkylation sites (N-methyl/N-ethyl adjacent to an activating group) is 2. The van der Waals surface area contributed by atoms with Gasteiger partial charge in [-0.1, -0.05) is 93.6 Å². The molecule has 2 fully saturated rings. The molecule has 0 saturated heterocycles. The first-order chi connectivity index (χ1) is 45.1. The van der Waals surface area contributed by atoms with E-state index in [0.29, 0.717) is 23.3 Å². The summed E-state index contributed by atoms with van der Waals surface area (Å²) in [5.74, 6) is -7.05. The van der Waals surface area contributed by atoms with E-state index < -0.39 is 130 Å². The standard InChI is InChI=1S/C71H77N5O19/c1-41-55(79)38-51-31-32-70(51,95-45(5)78)40-58(93-65(82)48-24-17-12-18-25-48)71(86)39-57(42(2)59(69(71,6)7)62(61(41)80)90-44(4)77)92-66(83)63(60(46-20-13-10-14-21-46)73-64(81)47-22-15-11-16-23-47)94-68(85)75(9)35-34-74(8)67(84)89-43(3)49-27-30-54(76(87)88)56(37-49)91-52-28-29-53-50(36-52)26-19-33-72-53/h10-30,33,36-37,41,43,51,55,57-58,60,62-63,79,86H,31-32,34-35,38-40H2,1-9H3,(H,73,81)/t41-,43?,51-,55+,57+,58+,60+,62-,63-,70-,71-/m1/s1. The van der Waals surface area contributed by atoms with Crippen molar-refractivity contribution in [3.05, 3.63) is 189 Å². The molecule has 5 aromatic carbocycles. The number of benzene rings is 5. The van der Waals surface area contributed by atoms with Crippen molar-refractivity contribution in [3.63, 3.8) is 0 Å². The number of aliphatic hydroxyl groups is 2. The lowest BCUT2D eigenvalue weighted by molar-refractivity contribution is -0.385. The molecule has 0 aliphatic heterocycles. The number of nitrogens with one attached hydrogen (secondary N) is 1. The number of carbonyl (C=O) groups is 8. The van der Waals surface area contributed by atoms with E-state index in [1.807, 2.05) is 6.07 Å². The van der Waals surface area contributed by atoms with E-state index in [9.17, 15) is 49.1 Å². The number of aliphatic hydroxyl groups excluding tert-OH is 1. The highest BCUT2D eigenvalue weighted by Gasteiger charge is 2.65. The number of rotatable bonds is 19. The zero-order valence-corrected chi connectivity index (χ0v) is 54.1. The second-order valence-corrected chi connectivity index (χ2v) is 25.0. The lowest BCUT2D eigenvalue weighted by atomic mass is 9.54. The highest BCUT2D eigenvalue weighted by Crippen LogP contribution is 2.57. The van der Waals surface area contributed by atoms with E-state index in [2.05, 4.69) is 10.3 Å². The molecule has 3 N–H and O–H groups in total. The van der Waals surface area contributed by atoms with E-state index >= 15 is 9.59 Å². The van der Waals surface area contributed by atoms with E-state index in [4.69, 9.17) is 33.2 Å². The molecule has 2 saturated carbocycles. The average Bonchev–Trinajstić information content (AvgIpc) is 0.710. The van der Waals surface area contributed by atoms with Gasteiger partial charge in [-0.05, 0) is 116 Å². The number of ether oxygens (including phenoxy) is 7. The molecule has 3 aliphatic rings. The van der Waals surface area contributed by atoms with Crippen molar-refractivity contribution in [2.75, 3.05) is 27.2 Å². The van der Waals surface area contributed by atoms with Crippen molar-refractivity contribution in [2.24, 2.45) is 17.3 Å². The summed E-state index contributed by atoms with van der Waals surface area (Å²) in [5, 5.41) is 41.6. The molecule has 2 bridgehead atoms. The third kappa shape index (κ3) is 15.3. The monoisotopic (exact) mass is 1300 g/mol. The topological polar surface area (TPSA) is 316 Å². The third-order valence-electron chi connectivity index (χ3n) is 18.5. The highest BCUT2D eigenvalue weighted by molar-refractivity contribution is 5.95. The van der Waals surface area contributed by atoms with Gasteiger partial charge in [0, 0.05) is 94.3 Å². The van der Waals surface area contributed by atoms with E-state index in [-0.39, 0.29) is 71.6 Å². The minimum absolute atomic E-state index is 0.0757. The fourth-order valence-corrected chi connectivity index (χ4v) is 12.8. The third-order valence-corrected chi connectivity index (χ3v) is 18.5. The summed E-state index contributed by atoms with van der Waals surface area (Å²) >= 11 is 0. The molecule has 3 aliphatic carbocycles. The molecule has 1 heterocycles. The van der Waals surface area contributed by atoms with Crippen LogP contribution in [0.2, 0.25) is 0 Å². The largest absolute Gasteiger partial charge is 0.459 e. The fourth-order valence-electron chi connectivity index (χ4n) is 12.8. The molecule has 500 valence electrons. The Hall–Kier alpha value is -10.1. The molecule has 9 rings (SSSR count). The Balaban J connectivity index is 1.04. The number of fused-ring (bicyclic) bond motifs is 4. The Kier molecular flexibility index (Phi) is 21.2. The summed E-state index contributed by atoms with van der Waals surface area (Å²) < 4.78 is 42.9. The number of pyridine rings is 1. The number of hydrogen-bond acceptors (Lipinski definition) is 20. The Morgan fingerprint density at radius 1 is 0.768 bits per heavy atom. The van der Waals surface area contributed by atoms with E-state index in [1.54, 1.807) is 118 Å². The average molecular weight is 1300 g/mol. The molecule has 24 heteroatoms. The maximum atomic E-state index is 15.7. The lowest BCUT2D eigenvalue weighted by Crippen LogP contribution is -2.66. The number of Topliss-reactive ketones (excluding diaryl/α,β-unsaturated/α-hetero) is 1. The van der Waals surface area contributed by atoms with Crippen LogP contribution >= 0.6 is 0 Å². The molecule has 3 amide bonds. The predicted octanol–water partition coefficient (Wildman–Crippen LogP) is 10.3. The molecular formula is C71H77N5O19. The molecule has 0 radical (unpaired) electrons. The van der Waals surface area contributed by atoms with Gasteiger partial charge >= 0.3 is 41.8 Å². The molecule has 1 aromatic heterocycles. The molecule has 95 heavy (non-hydrogen) atoms. The Morgan fingerprint density at radius 2 is 1.40 bits per heavy atom. The van der Waals surface area contributed by atoms with E-state index in [1.165, 1.54) is 77.3 Å². The summed E-state index contributed by atoms with van der Waals surface area (Å²) in [6.07, 6.45) is -10.6. The second-order valence-electron chi connectivity index (χ2n) is 25.0. The van der Waals surface area contributed by atoms with Crippen molar-refractivity contribution < 1.29 is 86.7 Å². The van der Waals surface area contributed by atoms with Crippen LogP contribution in [0, 0.1) is 27.4 Å². The van der Waals surface area contributed by atoms with Gasteiger partial charge in [-0.3, -0.25) is 34.3 Å². The van der Waals surface area contributed by atoms with Gasteiger partial charge in [-0.2, -0.15) is 0 Å². The highest BCUT2D eigenvalue weighted by atomic mass is 16.6. The van der Waals surface area contributed by atoms with Crippen molar-refractivity contribution in [1.82, 2.24) is 20.1 Å². The van der Waals surface area contributed by atoms with Gasteiger partial charge in [0.2, 0.25) is 11.9 Å². The van der Waals surface area contributed by atoms with Crippen LogP contribution in [0.1, 0.15) is 125 Å². The number of nitrogens with zero attached hydrogens (tertiary/aromatic N) is 4. The van der Waals surface area contributed by atoms with Gasteiger partial charge in [0.15, 0.2) is 11.9 Å². The molecule has 6 aromatic rings. The summed E-state index contributed by atoms with van der Waals surface area (Å²) in [4.78, 5) is 132. The van der Waals surface area contributed by atoms with Gasteiger partial charge in [-0.25, -0.2) is 19.2 Å². The summed E-state index contributed by atoms with van der Waals surface area (Å²) in [5.41, 5.74) is -4.55. The van der Waals surface area contributed by atoms with Crippen molar-refractivity contribution >= 4 is 64.3 Å². The quantitative estimate of drug-likeness (QED) is 0.0223. The number of amides is 3. The van der Waals surface area contributed by atoms with Crippen LogP contribution in [0.25, 0.3) is 10.9 Å². The Labute approximate surface area is 548 Å². The van der Waals surface area contributed by atoms with Crippen LogP contribution in [0.15, 0.2) is 157 Å². The van der Waals surface area contributed by atoms with Crippen molar-refractivity contribution in [1.29, 1.82) is 0 Å². The molecule has 0 spiro atoms. The molecule has 24 nitrogen and oxygen atoms in total. The van der Waals surface area contributed by atoms with Crippen molar-refractivity contribution in [2.45, 2.75) is 134 Å². The fraction of sp³-hybridized carbons (Fsp3) is 0.394. The van der Waals surface area contributed by atoms with Gasteiger partial charge in [-0.15, -0.1) is 0 Å². The number of hydrogen-bond donors (Lipinski definition) is 3. The molecule has 1 unspecified atom stereocenters. The number of esters is 4. The van der Waals surface area contributed by atoms with Crippen LogP contribution in [0.5, 0.6) is 11.5 Å². The minimum Gasteiger partial charge on any atom is -0.459 e. The van der Waals surface area contributed by atoms with Crippen LogP contribution in [-0.4, -0.2) is 147 Å². The minimum atomic E-state index is -2.45. The van der Waals surface area contributed by atoms with Crippen LogP contribution in [-0.2, 0) is 47.6 Å². The Bertz CT molecular complexity index is 3910. The van der Waals surface area contributed by atoms with Crippen molar-refractivity contribution in [3.8, 4) is 11.5 Å². The SMILES string of the molecule is CC(=O)O[C@H]1C(=O)[C@H](C)[C@@H](O)C[C@H]2CC[C@@]2(OC(C)=O)C[C@H](OC(=O)c2ccccc2)[C@]2(O)C[C@H](OC(=O)[C@H](OC(=O)N(C)CCN(C)C(=O)OC(C)c3ccc([N+](=O)[O-])c(Oc4ccc5ncccc5c4)c3)[C@@H](NC(=O)c3ccccc3)c3ccccc3)C(C)=C1C2(C)C. The molecule has 11 atom stereocenters. The van der Waals surface area contributed by atoms with Crippen LogP contribution < -0.4 is 10.1 Å². The summed E-state index contributed by atoms with van der Waals surface area (Å²) in [7, 11) is 2.72. The van der Waals surface area contributed by atoms with Gasteiger partial charge in [0.25, 0.3) is 5.91 Å². The summed E-state index contributed by atoms with van der Waals surface area (Å²) in [6.45, 7) is 9.41. The maximum absolute atomic E-state index is 15.7. The lowest BCUT2D eigenvalue weighted by Gasteiger charge is -2.57. The first-order valence-corrected chi connectivity index (χ1v) is 31.1. The summed E-state index contributed by atoms with van der Waals surface area (Å²) in [6, 6.07) is 35.0. The number of nitro benzene ring substituents is 1. The maximum Gasteiger partial charge on any atom is 0.410 e. The predicted molar refractivity (Wildman–Crippen MR) is 342 cm³/mol. The van der Waals surface area contributed by atoms with Gasteiger partial charge < -0.3 is 58.5 Å². The molecular weight excluding hydrogens is 1230 g/mol. The first kappa shape index (κ1) is 69.3. The van der Waals surface area contributed by atoms with Crippen LogP contribution in [0.3, 0.4) is 0 Å². The normalized spacial score (nSPS) is 23.2. The van der Waals surface area contributed by atoms with Gasteiger partial charge in [0.1, 0.15) is 41.3 Å². The number of aromatic nitrogens is 1. The second kappa shape index (κ2) is 29.1. The van der Waals surface area contributed by atoms with Crippen LogP contribution in [0.4, 0.5) is 15.3 Å². The first-order valence-electron chi connectivity index (χ1n) is 31.1.